The Labute approximate surface area is 126 Å². The highest BCUT2D eigenvalue weighted by molar-refractivity contribution is 6.29. The van der Waals surface area contributed by atoms with Crippen LogP contribution in [0.4, 0.5) is 0 Å². The molecule has 2 heterocycles. The number of rotatable bonds is 4. The molecule has 1 aromatic carbocycles. The van der Waals surface area contributed by atoms with Gasteiger partial charge in [-0.15, -0.1) is 0 Å². The lowest BCUT2D eigenvalue weighted by molar-refractivity contribution is 0.101. The zero-order valence-electron chi connectivity index (χ0n) is 11.6. The van der Waals surface area contributed by atoms with Crippen molar-refractivity contribution in [2.75, 3.05) is 0 Å². The molecule has 0 saturated heterocycles. The quantitative estimate of drug-likeness (QED) is 0.725. The lowest BCUT2D eigenvalue weighted by atomic mass is 10.1. The molecule has 21 heavy (non-hydrogen) atoms. The van der Waals surface area contributed by atoms with Gasteiger partial charge in [-0.25, -0.2) is 0 Å². The number of aromatic nitrogens is 1. The number of benzene rings is 1. The van der Waals surface area contributed by atoms with Crippen LogP contribution in [0.15, 0.2) is 40.9 Å². The van der Waals surface area contributed by atoms with Crippen molar-refractivity contribution >= 4 is 28.3 Å². The first-order chi connectivity index (χ1) is 10.1. The van der Waals surface area contributed by atoms with Crippen LogP contribution in [0.5, 0.6) is 5.75 Å². The Kier molecular flexibility index (Phi) is 3.47. The molecular weight excluding hydrogens is 290 g/mol. The summed E-state index contributed by atoms with van der Waals surface area (Å²) in [6.45, 7) is 3.89. The van der Waals surface area contributed by atoms with E-state index in [1.54, 1.807) is 18.3 Å². The maximum absolute atomic E-state index is 12.5. The molecule has 0 radical (unpaired) electrons. The number of hydrogen-bond acceptors (Lipinski definition) is 3. The second kappa shape index (κ2) is 5.30. The molecule has 3 rings (SSSR count). The smallest absolute Gasteiger partial charge is 0.230 e. The summed E-state index contributed by atoms with van der Waals surface area (Å²) in [5, 5.41) is 0.945. The fraction of sp³-hybridized carbons (Fsp3) is 0.188. The molecule has 0 unspecified atom stereocenters. The number of carbonyl (C=O) groups excluding carboxylic acids is 1. The zero-order valence-corrected chi connectivity index (χ0v) is 12.4. The number of H-pyrrole nitrogens is 1. The van der Waals surface area contributed by atoms with Gasteiger partial charge in [0.25, 0.3) is 0 Å². The predicted molar refractivity (Wildman–Crippen MR) is 81.2 cm³/mol. The summed E-state index contributed by atoms with van der Waals surface area (Å²) in [7, 11) is 0. The summed E-state index contributed by atoms with van der Waals surface area (Å²) >= 11 is 5.73. The molecule has 3 aromatic rings. The highest BCUT2D eigenvalue weighted by Crippen LogP contribution is 2.31. The molecular formula is C16H14ClNO3. The Hall–Kier alpha value is -2.20. The summed E-state index contributed by atoms with van der Waals surface area (Å²) in [6, 6.07) is 8.75. The van der Waals surface area contributed by atoms with Crippen molar-refractivity contribution in [1.82, 2.24) is 4.98 Å². The lowest BCUT2D eigenvalue weighted by Gasteiger charge is -2.11. The van der Waals surface area contributed by atoms with Gasteiger partial charge in [-0.05, 0) is 49.7 Å². The van der Waals surface area contributed by atoms with Crippen molar-refractivity contribution in [3.8, 4) is 5.75 Å². The van der Waals surface area contributed by atoms with Crippen LogP contribution in [0, 0.1) is 0 Å². The number of hydrogen-bond donors (Lipinski definition) is 1. The molecule has 5 heteroatoms. The zero-order chi connectivity index (χ0) is 15.0. The fourth-order valence-electron chi connectivity index (χ4n) is 2.25. The summed E-state index contributed by atoms with van der Waals surface area (Å²) in [5.41, 5.74) is 1.35. The van der Waals surface area contributed by atoms with Gasteiger partial charge in [0.2, 0.25) is 5.78 Å². The van der Waals surface area contributed by atoms with Crippen LogP contribution in [-0.4, -0.2) is 16.9 Å². The average molecular weight is 304 g/mol. The average Bonchev–Trinajstić information content (AvgIpc) is 3.04. The van der Waals surface area contributed by atoms with E-state index in [1.165, 1.54) is 0 Å². The van der Waals surface area contributed by atoms with Gasteiger partial charge in [0.05, 0.1) is 17.1 Å². The van der Waals surface area contributed by atoms with E-state index in [4.69, 9.17) is 20.8 Å². The van der Waals surface area contributed by atoms with Gasteiger partial charge >= 0.3 is 0 Å². The Balaban J connectivity index is 2.12. The molecule has 0 atom stereocenters. The van der Waals surface area contributed by atoms with Crippen molar-refractivity contribution in [3.05, 3.63) is 53.1 Å². The van der Waals surface area contributed by atoms with Crippen LogP contribution >= 0.6 is 11.6 Å². The van der Waals surface area contributed by atoms with Crippen LogP contribution < -0.4 is 4.74 Å². The number of aromatic amines is 1. The van der Waals surface area contributed by atoms with Crippen LogP contribution in [0.25, 0.3) is 10.9 Å². The minimum atomic E-state index is -0.229. The number of fused-ring (bicyclic) bond motifs is 1. The van der Waals surface area contributed by atoms with Crippen molar-refractivity contribution in [2.45, 2.75) is 20.0 Å². The minimum absolute atomic E-state index is 0.0199. The largest absolute Gasteiger partial charge is 0.490 e. The Bertz CT molecular complexity index is 801. The van der Waals surface area contributed by atoms with Gasteiger partial charge in [0.15, 0.2) is 11.0 Å². The van der Waals surface area contributed by atoms with Crippen molar-refractivity contribution in [1.29, 1.82) is 0 Å². The molecule has 0 fully saturated rings. The van der Waals surface area contributed by atoms with Crippen molar-refractivity contribution in [2.24, 2.45) is 0 Å². The molecule has 0 spiro atoms. The van der Waals surface area contributed by atoms with Gasteiger partial charge in [-0.1, -0.05) is 6.07 Å². The molecule has 2 aromatic heterocycles. The molecule has 0 bridgehead atoms. The number of carbonyl (C=O) groups is 1. The first-order valence-electron chi connectivity index (χ1n) is 6.63. The summed E-state index contributed by atoms with van der Waals surface area (Å²) in [6.07, 6.45) is 1.68. The summed E-state index contributed by atoms with van der Waals surface area (Å²) in [4.78, 5) is 15.6. The fourth-order valence-corrected chi connectivity index (χ4v) is 2.40. The first-order valence-corrected chi connectivity index (χ1v) is 7.01. The SMILES string of the molecule is CC(C)Oc1cccc2[nH]cc(C(=O)c3ccc(Cl)o3)c12. The second-order valence-corrected chi connectivity index (χ2v) is 5.35. The van der Waals surface area contributed by atoms with Gasteiger partial charge in [-0.2, -0.15) is 0 Å². The third-order valence-electron chi connectivity index (χ3n) is 3.07. The molecule has 0 aliphatic heterocycles. The van der Waals surface area contributed by atoms with E-state index < -0.39 is 0 Å². The normalized spacial score (nSPS) is 11.2. The summed E-state index contributed by atoms with van der Waals surface area (Å²) in [5.74, 6) is 0.651. The number of ketones is 1. The topological polar surface area (TPSA) is 55.2 Å². The van der Waals surface area contributed by atoms with E-state index in [0.717, 1.165) is 10.9 Å². The Morgan fingerprint density at radius 3 is 2.76 bits per heavy atom. The van der Waals surface area contributed by atoms with Gasteiger partial charge in [0, 0.05) is 11.7 Å². The van der Waals surface area contributed by atoms with E-state index >= 15 is 0 Å². The van der Waals surface area contributed by atoms with E-state index in [-0.39, 0.29) is 22.9 Å². The number of halogens is 1. The molecule has 0 aliphatic rings. The third kappa shape index (κ3) is 2.54. The van der Waals surface area contributed by atoms with Crippen LogP contribution in [0.2, 0.25) is 5.22 Å². The highest BCUT2D eigenvalue weighted by Gasteiger charge is 2.20. The third-order valence-corrected chi connectivity index (χ3v) is 3.28. The molecule has 4 nitrogen and oxygen atoms in total. The van der Waals surface area contributed by atoms with E-state index in [9.17, 15) is 4.79 Å². The predicted octanol–water partition coefficient (Wildman–Crippen LogP) is 4.43. The van der Waals surface area contributed by atoms with Gasteiger partial charge < -0.3 is 14.1 Å². The van der Waals surface area contributed by atoms with E-state index in [0.29, 0.717) is 11.3 Å². The molecule has 108 valence electrons. The highest BCUT2D eigenvalue weighted by atomic mass is 35.5. The molecule has 1 N–H and O–H groups in total. The first kappa shape index (κ1) is 13.8. The van der Waals surface area contributed by atoms with E-state index in [2.05, 4.69) is 4.98 Å². The lowest BCUT2D eigenvalue weighted by Crippen LogP contribution is -2.07. The second-order valence-electron chi connectivity index (χ2n) is 4.98. The maximum atomic E-state index is 12.5. The van der Waals surface area contributed by atoms with Gasteiger partial charge in [-0.3, -0.25) is 4.79 Å². The Morgan fingerprint density at radius 2 is 2.10 bits per heavy atom. The van der Waals surface area contributed by atoms with Crippen LogP contribution in [-0.2, 0) is 0 Å². The van der Waals surface area contributed by atoms with Crippen LogP contribution in [0.3, 0.4) is 0 Å². The standard InChI is InChI=1S/C16H14ClNO3/c1-9(2)20-12-5-3-4-11-15(12)10(8-18-11)16(19)13-6-7-14(17)21-13/h3-9,18H,1-2H3. The molecule has 0 saturated carbocycles. The van der Waals surface area contributed by atoms with Crippen LogP contribution in [0.1, 0.15) is 30.0 Å². The molecule has 0 amide bonds. The number of furan rings is 1. The monoisotopic (exact) mass is 303 g/mol. The Morgan fingerprint density at radius 1 is 1.29 bits per heavy atom. The van der Waals surface area contributed by atoms with Crippen molar-refractivity contribution < 1.29 is 13.9 Å². The van der Waals surface area contributed by atoms with Crippen molar-refractivity contribution in [3.63, 3.8) is 0 Å². The molecule has 0 aliphatic carbocycles. The van der Waals surface area contributed by atoms with E-state index in [1.807, 2.05) is 32.0 Å². The minimum Gasteiger partial charge on any atom is -0.490 e. The summed E-state index contributed by atoms with van der Waals surface area (Å²) < 4.78 is 11.0. The van der Waals surface area contributed by atoms with Gasteiger partial charge in [0.1, 0.15) is 5.75 Å². The number of nitrogens with one attached hydrogen (secondary N) is 1. The number of ether oxygens (including phenoxy) is 1. The maximum Gasteiger partial charge on any atom is 0.230 e.